The summed E-state index contributed by atoms with van der Waals surface area (Å²) in [5, 5.41) is 14.1. The van der Waals surface area contributed by atoms with E-state index in [9.17, 15) is 5.11 Å². The summed E-state index contributed by atoms with van der Waals surface area (Å²) in [7, 11) is -6.84. The van der Waals surface area contributed by atoms with E-state index in [-0.39, 0.29) is 33.4 Å². The molecule has 1 aliphatic rings. The highest BCUT2D eigenvalue weighted by molar-refractivity contribution is 7.96. The molecule has 0 amide bonds. The van der Waals surface area contributed by atoms with E-state index in [2.05, 4.69) is 115 Å². The Morgan fingerprint density at radius 2 is 1.55 bits per heavy atom. The van der Waals surface area contributed by atoms with Gasteiger partial charge >= 0.3 is 0 Å². The second-order valence-electron chi connectivity index (χ2n) is 18.3. The fraction of sp³-hybridized carbons (Fsp3) is 0.744. The first-order chi connectivity index (χ1) is 21.2. The lowest BCUT2D eigenvalue weighted by atomic mass is 9.64. The average molecular weight is 706 g/mol. The number of aliphatic hydroxyl groups excluding tert-OH is 1. The first-order valence-electron chi connectivity index (χ1n) is 17.9. The minimum absolute atomic E-state index is 0.0787. The normalized spacial score (nSPS) is 21.9. The van der Waals surface area contributed by atoms with Crippen molar-refractivity contribution in [3.05, 3.63) is 52.5 Å². The number of nitrogens with zero attached hydrogens (tertiary/aromatic N) is 1. The van der Waals surface area contributed by atoms with Gasteiger partial charge in [-0.3, -0.25) is 0 Å². The number of rotatable bonds is 13. The van der Waals surface area contributed by atoms with Gasteiger partial charge in [0.2, 0.25) is 0 Å². The number of aryl methyl sites for hydroxylation is 1. The molecule has 1 aromatic rings. The van der Waals surface area contributed by atoms with Crippen molar-refractivity contribution in [2.75, 3.05) is 13.2 Å². The van der Waals surface area contributed by atoms with Gasteiger partial charge in [0.15, 0.2) is 16.6 Å². The third kappa shape index (κ3) is 11.5. The van der Waals surface area contributed by atoms with Crippen molar-refractivity contribution in [2.24, 2.45) is 21.6 Å². The summed E-state index contributed by atoms with van der Waals surface area (Å²) in [6, 6.07) is 7.77. The van der Waals surface area contributed by atoms with Crippen molar-refractivity contribution >= 4 is 26.4 Å². The van der Waals surface area contributed by atoms with E-state index in [1.54, 1.807) is 0 Å². The molecule has 0 aromatic heterocycles. The van der Waals surface area contributed by atoms with E-state index in [0.717, 1.165) is 40.9 Å². The smallest absolute Gasteiger partial charge is 0.192 e. The Morgan fingerprint density at radius 1 is 1.02 bits per heavy atom. The van der Waals surface area contributed by atoms with Crippen LogP contribution >= 0.6 is 0 Å². The lowest BCUT2D eigenvalue weighted by molar-refractivity contribution is 0.0377. The molecule has 47 heavy (non-hydrogen) atoms. The van der Waals surface area contributed by atoms with Crippen LogP contribution in [-0.2, 0) is 18.6 Å². The highest BCUT2D eigenvalue weighted by atomic mass is 32.2. The van der Waals surface area contributed by atoms with E-state index in [4.69, 9.17) is 13.2 Å². The number of aliphatic hydroxyl groups is 1. The largest absolute Gasteiger partial charge is 0.415 e. The molecule has 1 aliphatic carbocycles. The standard InChI is InChI=1S/C39H71NO4SSi2/c1-29(2)34(27-44-47(15,16)38(8,9)10)40-45(42,33-21-19-30(3)20-22-33)28-32-18-17-24-39(11,12)36(32)35(41)26-31(4)23-25-43-46(13,14)37(5,6)7/h19-23,28-29,34-36,41H,17-18,24-27H2,1-16H3/b31-23-,32-28-/t34-,35+,36-,45?/m0/s1. The van der Waals surface area contributed by atoms with E-state index >= 15 is 4.21 Å². The maximum absolute atomic E-state index is 15.3. The molecule has 0 radical (unpaired) electrons. The van der Waals surface area contributed by atoms with Gasteiger partial charge in [-0.25, -0.2) is 8.57 Å². The Hall–Kier alpha value is -1.04. The summed E-state index contributed by atoms with van der Waals surface area (Å²) in [4.78, 5) is 0.726. The van der Waals surface area contributed by atoms with Crippen molar-refractivity contribution < 1.29 is 18.2 Å². The van der Waals surface area contributed by atoms with Gasteiger partial charge in [-0.2, -0.15) is 0 Å². The van der Waals surface area contributed by atoms with E-state index in [1.165, 1.54) is 0 Å². The third-order valence-corrected chi connectivity index (χ3v) is 22.4. The molecule has 5 nitrogen and oxygen atoms in total. The summed E-state index contributed by atoms with van der Waals surface area (Å²) in [6.07, 6.45) is 4.94. The lowest BCUT2D eigenvalue weighted by Gasteiger charge is -2.43. The minimum atomic E-state index is -2.96. The maximum Gasteiger partial charge on any atom is 0.192 e. The summed E-state index contributed by atoms with van der Waals surface area (Å²) in [5.41, 5.74) is 3.18. The third-order valence-electron chi connectivity index (χ3n) is 11.3. The Morgan fingerprint density at radius 3 is 2.06 bits per heavy atom. The molecule has 4 atom stereocenters. The molecule has 0 saturated heterocycles. The molecule has 0 heterocycles. The SMILES string of the molecule is C/C(=C/CO[Si](C)(C)C(C)(C)C)C[C@@H](O)[C@@H]1/C(=C\S(=O)(=N[C@@H](CO[Si](C)(C)C(C)(C)C)C(C)C)c2ccc(C)cc2)CCCC1(C)C. The van der Waals surface area contributed by atoms with Gasteiger partial charge in [-0.15, -0.1) is 0 Å². The van der Waals surface area contributed by atoms with Crippen LogP contribution in [0.1, 0.15) is 107 Å². The van der Waals surface area contributed by atoms with Crippen LogP contribution in [-0.4, -0.2) is 51.3 Å². The summed E-state index contributed by atoms with van der Waals surface area (Å²) >= 11 is 0. The van der Waals surface area contributed by atoms with E-state index in [0.29, 0.717) is 19.6 Å². The lowest BCUT2D eigenvalue weighted by Crippen LogP contribution is -2.43. The highest BCUT2D eigenvalue weighted by Gasteiger charge is 2.41. The summed E-state index contributed by atoms with van der Waals surface area (Å²) < 4.78 is 33.6. The average Bonchev–Trinajstić information content (AvgIpc) is 2.89. The number of hydrogen-bond acceptors (Lipinski definition) is 5. The van der Waals surface area contributed by atoms with Crippen LogP contribution < -0.4 is 0 Å². The topological polar surface area (TPSA) is 68.1 Å². The van der Waals surface area contributed by atoms with Crippen LogP contribution in [0.15, 0.2) is 56.2 Å². The van der Waals surface area contributed by atoms with Gasteiger partial charge < -0.3 is 14.0 Å². The Bertz CT molecular complexity index is 1350. The molecular weight excluding hydrogens is 635 g/mol. The maximum atomic E-state index is 15.3. The molecule has 1 fully saturated rings. The molecule has 2 rings (SSSR count). The zero-order valence-corrected chi connectivity index (χ0v) is 35.9. The molecule has 0 spiro atoms. The first kappa shape index (κ1) is 42.1. The Kier molecular flexibility index (Phi) is 14.2. The van der Waals surface area contributed by atoms with Crippen LogP contribution in [0.3, 0.4) is 0 Å². The van der Waals surface area contributed by atoms with Crippen LogP contribution in [0.2, 0.25) is 36.3 Å². The van der Waals surface area contributed by atoms with Gasteiger partial charge in [-0.05, 0) is 99.3 Å². The summed E-state index contributed by atoms with van der Waals surface area (Å²) in [6.45, 7) is 36.5. The second kappa shape index (κ2) is 15.9. The second-order valence-corrected chi connectivity index (χ2v) is 29.9. The molecule has 0 aliphatic heterocycles. The van der Waals surface area contributed by atoms with Crippen molar-refractivity contribution in [1.29, 1.82) is 0 Å². The van der Waals surface area contributed by atoms with Gasteiger partial charge in [0.1, 0.15) is 0 Å². The number of benzene rings is 1. The minimum Gasteiger partial charge on any atom is -0.415 e. The van der Waals surface area contributed by atoms with Crippen molar-refractivity contribution in [3.63, 3.8) is 0 Å². The van der Waals surface area contributed by atoms with Gasteiger partial charge in [0.25, 0.3) is 0 Å². The van der Waals surface area contributed by atoms with Crippen molar-refractivity contribution in [2.45, 2.75) is 162 Å². The molecule has 1 unspecified atom stereocenters. The molecule has 8 heteroatoms. The summed E-state index contributed by atoms with van der Waals surface area (Å²) in [5.74, 6) is 0.0401. The first-order valence-corrected chi connectivity index (χ1v) is 25.3. The predicted molar refractivity (Wildman–Crippen MR) is 209 cm³/mol. The van der Waals surface area contributed by atoms with E-state index in [1.807, 2.05) is 29.7 Å². The van der Waals surface area contributed by atoms with E-state index < -0.39 is 32.5 Å². The molecule has 1 aromatic carbocycles. The van der Waals surface area contributed by atoms with Crippen LogP contribution in [0, 0.1) is 24.2 Å². The Balaban J connectivity index is 2.57. The molecular formula is C39H71NO4SSi2. The highest BCUT2D eigenvalue weighted by Crippen LogP contribution is 2.47. The quantitative estimate of drug-likeness (QED) is 0.164. The zero-order chi connectivity index (χ0) is 36.2. The van der Waals surface area contributed by atoms with Crippen LogP contribution in [0.25, 0.3) is 0 Å². The van der Waals surface area contributed by atoms with Crippen molar-refractivity contribution in [3.8, 4) is 0 Å². The van der Waals surface area contributed by atoms with Gasteiger partial charge in [0, 0.05) is 11.3 Å². The van der Waals surface area contributed by atoms with Crippen molar-refractivity contribution in [1.82, 2.24) is 0 Å². The fourth-order valence-corrected chi connectivity index (χ4v) is 9.93. The van der Waals surface area contributed by atoms with Gasteiger partial charge in [-0.1, -0.05) is 104 Å². The Labute approximate surface area is 292 Å². The fourth-order valence-electron chi connectivity index (χ4n) is 5.75. The monoisotopic (exact) mass is 705 g/mol. The molecule has 1 N–H and O–H groups in total. The molecule has 270 valence electrons. The number of hydrogen-bond donors (Lipinski definition) is 1. The predicted octanol–water partition coefficient (Wildman–Crippen LogP) is 11.3. The molecule has 1 saturated carbocycles. The molecule has 0 bridgehead atoms. The van der Waals surface area contributed by atoms with Gasteiger partial charge in [0.05, 0.1) is 40.0 Å². The zero-order valence-electron chi connectivity index (χ0n) is 33.0. The van der Waals surface area contributed by atoms with Crippen LogP contribution in [0.4, 0.5) is 0 Å². The van der Waals surface area contributed by atoms with Crippen LogP contribution in [0.5, 0.6) is 0 Å².